The summed E-state index contributed by atoms with van der Waals surface area (Å²) < 4.78 is 39.8. The predicted molar refractivity (Wildman–Crippen MR) is 90.4 cm³/mol. The van der Waals surface area contributed by atoms with E-state index in [-0.39, 0.29) is 17.0 Å². The highest BCUT2D eigenvalue weighted by atomic mass is 19.2. The smallest absolute Gasteiger partial charge is 0.257 e. The van der Waals surface area contributed by atoms with Gasteiger partial charge in [0, 0.05) is 18.9 Å². The molecule has 0 aliphatic heterocycles. The Morgan fingerprint density at radius 2 is 1.69 bits per heavy atom. The van der Waals surface area contributed by atoms with Gasteiger partial charge in [-0.05, 0) is 24.6 Å². The van der Waals surface area contributed by atoms with E-state index in [4.69, 9.17) is 0 Å². The number of anilines is 1. The molecule has 0 saturated heterocycles. The van der Waals surface area contributed by atoms with Crippen LogP contribution in [0.5, 0.6) is 0 Å². The van der Waals surface area contributed by atoms with Crippen LogP contribution in [0, 0.1) is 17.5 Å². The number of carbonyl (C=O) groups is 2. The van der Waals surface area contributed by atoms with Gasteiger partial charge in [-0.1, -0.05) is 19.8 Å². The number of amides is 2. The monoisotopic (exact) mass is 365 g/mol. The fraction of sp³-hybridized carbons (Fsp3) is 0.278. The molecule has 26 heavy (non-hydrogen) atoms. The molecule has 2 amide bonds. The molecule has 0 unspecified atom stereocenters. The maximum Gasteiger partial charge on any atom is 0.257 e. The minimum Gasteiger partial charge on any atom is -0.352 e. The van der Waals surface area contributed by atoms with Crippen LogP contribution in [0.4, 0.5) is 18.9 Å². The lowest BCUT2D eigenvalue weighted by Gasteiger charge is -2.09. The van der Waals surface area contributed by atoms with E-state index in [2.05, 4.69) is 15.6 Å². The van der Waals surface area contributed by atoms with E-state index in [1.165, 1.54) is 18.5 Å². The Bertz CT molecular complexity index is 812. The van der Waals surface area contributed by atoms with Crippen molar-refractivity contribution in [1.82, 2.24) is 10.3 Å². The van der Waals surface area contributed by atoms with Crippen molar-refractivity contribution in [2.24, 2.45) is 0 Å². The molecule has 8 heteroatoms. The van der Waals surface area contributed by atoms with Crippen molar-refractivity contribution in [3.8, 4) is 0 Å². The molecule has 0 spiro atoms. The zero-order valence-corrected chi connectivity index (χ0v) is 14.1. The van der Waals surface area contributed by atoms with E-state index < -0.39 is 29.0 Å². The van der Waals surface area contributed by atoms with Gasteiger partial charge in [0.1, 0.15) is 0 Å². The fourth-order valence-corrected chi connectivity index (χ4v) is 2.18. The van der Waals surface area contributed by atoms with E-state index in [0.717, 1.165) is 25.3 Å². The molecular weight excluding hydrogens is 347 g/mol. The van der Waals surface area contributed by atoms with E-state index >= 15 is 0 Å². The number of nitrogens with zero attached hydrogens (tertiary/aromatic N) is 1. The molecule has 2 aromatic rings. The Balaban J connectivity index is 2.08. The molecule has 138 valence electrons. The van der Waals surface area contributed by atoms with Gasteiger partial charge < -0.3 is 10.6 Å². The van der Waals surface area contributed by atoms with Crippen molar-refractivity contribution >= 4 is 17.5 Å². The Kier molecular flexibility index (Phi) is 6.71. The summed E-state index contributed by atoms with van der Waals surface area (Å²) >= 11 is 0. The van der Waals surface area contributed by atoms with Crippen LogP contribution in [0.3, 0.4) is 0 Å². The highest BCUT2D eigenvalue weighted by Gasteiger charge is 2.17. The average molecular weight is 365 g/mol. The van der Waals surface area contributed by atoms with Crippen molar-refractivity contribution < 1.29 is 22.8 Å². The molecule has 0 radical (unpaired) electrons. The molecule has 0 fully saturated rings. The molecule has 0 atom stereocenters. The summed E-state index contributed by atoms with van der Waals surface area (Å²) in [4.78, 5) is 28.0. The zero-order chi connectivity index (χ0) is 19.1. The van der Waals surface area contributed by atoms with Crippen LogP contribution in [0.1, 0.15) is 46.9 Å². The zero-order valence-electron chi connectivity index (χ0n) is 14.1. The summed E-state index contributed by atoms with van der Waals surface area (Å²) in [6, 6.07) is 2.89. The van der Waals surface area contributed by atoms with Crippen molar-refractivity contribution in [3.05, 3.63) is 59.2 Å². The van der Waals surface area contributed by atoms with Gasteiger partial charge in [0.2, 0.25) is 0 Å². The van der Waals surface area contributed by atoms with Crippen LogP contribution in [0.2, 0.25) is 0 Å². The number of aromatic nitrogens is 1. The number of nitrogens with one attached hydrogen (secondary N) is 2. The lowest BCUT2D eigenvalue weighted by atomic mass is 10.1. The Labute approximate surface area is 148 Å². The summed E-state index contributed by atoms with van der Waals surface area (Å²) in [5.41, 5.74) is -0.362. The Morgan fingerprint density at radius 1 is 1.00 bits per heavy atom. The van der Waals surface area contributed by atoms with Crippen molar-refractivity contribution in [3.63, 3.8) is 0 Å². The molecule has 0 bridgehead atoms. The van der Waals surface area contributed by atoms with E-state index in [1.807, 2.05) is 6.92 Å². The van der Waals surface area contributed by atoms with Crippen LogP contribution >= 0.6 is 0 Å². The highest BCUT2D eigenvalue weighted by Crippen LogP contribution is 2.20. The number of pyridine rings is 1. The maximum absolute atomic E-state index is 13.6. The number of halogens is 3. The predicted octanol–water partition coefficient (Wildman–Crippen LogP) is 3.67. The lowest BCUT2D eigenvalue weighted by Crippen LogP contribution is -2.25. The largest absolute Gasteiger partial charge is 0.352 e. The second-order valence-electron chi connectivity index (χ2n) is 5.60. The van der Waals surface area contributed by atoms with Crippen LogP contribution in [0.25, 0.3) is 0 Å². The average Bonchev–Trinajstić information content (AvgIpc) is 2.65. The first-order valence-corrected chi connectivity index (χ1v) is 8.12. The summed E-state index contributed by atoms with van der Waals surface area (Å²) in [7, 11) is 0. The lowest BCUT2D eigenvalue weighted by molar-refractivity contribution is 0.0952. The standard InChI is InChI=1S/C18H18F3N3O2/c1-2-3-4-7-23-17(25)11-8-12(10-22-9-11)18(26)24-14-6-5-13(19)15(20)16(14)21/h5-6,8-10H,2-4,7H2,1H3,(H,23,25)(H,24,26). The van der Waals surface area contributed by atoms with Gasteiger partial charge in [0.15, 0.2) is 17.5 Å². The molecule has 1 heterocycles. The third-order valence-electron chi connectivity index (χ3n) is 3.61. The maximum atomic E-state index is 13.6. The quantitative estimate of drug-likeness (QED) is 0.581. The number of rotatable bonds is 7. The van der Waals surface area contributed by atoms with Crippen LogP contribution in [-0.2, 0) is 0 Å². The molecule has 1 aromatic heterocycles. The van der Waals surface area contributed by atoms with Crippen molar-refractivity contribution in [1.29, 1.82) is 0 Å². The van der Waals surface area contributed by atoms with E-state index in [0.29, 0.717) is 12.6 Å². The van der Waals surface area contributed by atoms with Crippen LogP contribution in [0.15, 0.2) is 30.6 Å². The molecular formula is C18H18F3N3O2. The van der Waals surface area contributed by atoms with Crippen molar-refractivity contribution in [2.75, 3.05) is 11.9 Å². The second-order valence-corrected chi connectivity index (χ2v) is 5.60. The normalized spacial score (nSPS) is 10.5. The SMILES string of the molecule is CCCCCNC(=O)c1cncc(C(=O)Nc2ccc(F)c(F)c2F)c1. The second kappa shape index (κ2) is 8.98. The Hall–Kier alpha value is -2.90. The molecule has 2 rings (SSSR count). The molecule has 0 aliphatic rings. The molecule has 0 saturated carbocycles. The molecule has 1 aromatic carbocycles. The van der Waals surface area contributed by atoms with Gasteiger partial charge in [-0.2, -0.15) is 0 Å². The van der Waals surface area contributed by atoms with Gasteiger partial charge in [-0.3, -0.25) is 14.6 Å². The highest BCUT2D eigenvalue weighted by molar-refractivity contribution is 6.05. The van der Waals surface area contributed by atoms with Gasteiger partial charge in [-0.15, -0.1) is 0 Å². The van der Waals surface area contributed by atoms with Gasteiger partial charge >= 0.3 is 0 Å². The van der Waals surface area contributed by atoms with Crippen LogP contribution in [-0.4, -0.2) is 23.3 Å². The number of benzene rings is 1. The fourth-order valence-electron chi connectivity index (χ4n) is 2.18. The number of hydrogen-bond donors (Lipinski definition) is 2. The third kappa shape index (κ3) is 4.81. The number of unbranched alkanes of at least 4 members (excludes halogenated alkanes) is 2. The number of hydrogen-bond acceptors (Lipinski definition) is 3. The van der Waals surface area contributed by atoms with E-state index in [1.54, 1.807) is 0 Å². The van der Waals surface area contributed by atoms with Gasteiger partial charge in [0.25, 0.3) is 11.8 Å². The molecule has 2 N–H and O–H groups in total. The Morgan fingerprint density at radius 3 is 2.38 bits per heavy atom. The first-order chi connectivity index (χ1) is 12.4. The third-order valence-corrected chi connectivity index (χ3v) is 3.61. The molecule has 5 nitrogen and oxygen atoms in total. The molecule has 0 aliphatic carbocycles. The summed E-state index contributed by atoms with van der Waals surface area (Å²) in [6.07, 6.45) is 5.32. The number of carbonyl (C=O) groups excluding carboxylic acids is 2. The summed E-state index contributed by atoms with van der Waals surface area (Å²) in [5.74, 6) is -5.73. The van der Waals surface area contributed by atoms with E-state index in [9.17, 15) is 22.8 Å². The minimum atomic E-state index is -1.68. The minimum absolute atomic E-state index is 0.0182. The first kappa shape index (κ1) is 19.4. The first-order valence-electron chi connectivity index (χ1n) is 8.12. The van der Waals surface area contributed by atoms with Gasteiger partial charge in [0.05, 0.1) is 16.8 Å². The topological polar surface area (TPSA) is 71.1 Å². The van der Waals surface area contributed by atoms with Crippen LogP contribution < -0.4 is 10.6 Å². The van der Waals surface area contributed by atoms with Crippen molar-refractivity contribution in [2.45, 2.75) is 26.2 Å². The van der Waals surface area contributed by atoms with Gasteiger partial charge in [-0.25, -0.2) is 13.2 Å². The summed E-state index contributed by atoms with van der Waals surface area (Å²) in [5, 5.41) is 4.84. The summed E-state index contributed by atoms with van der Waals surface area (Å²) in [6.45, 7) is 2.55.